The molecule has 3 aromatic carbocycles. The Hall–Kier alpha value is -4.77. The number of rotatable bonds is 1. The Morgan fingerprint density at radius 3 is 1.71 bits per heavy atom. The Kier molecular flexibility index (Phi) is 5.04. The first kappa shape index (κ1) is 27.8. The van der Waals surface area contributed by atoms with Crippen LogP contribution >= 0.6 is 0 Å². The number of fused-ring (bicyclic) bond motifs is 10. The second kappa shape index (κ2) is 9.41. The summed E-state index contributed by atoms with van der Waals surface area (Å²) in [6.07, 6.45) is 17.5. The molecule has 0 saturated heterocycles. The maximum absolute atomic E-state index is 15.5. The van der Waals surface area contributed by atoms with Gasteiger partial charge in [-0.25, -0.2) is 0 Å². The van der Waals surface area contributed by atoms with E-state index in [4.69, 9.17) is 9.97 Å². The molecule has 4 fully saturated rings. The van der Waals surface area contributed by atoms with Crippen molar-refractivity contribution in [3.8, 4) is 5.69 Å². The van der Waals surface area contributed by atoms with Gasteiger partial charge in [0.15, 0.2) is 0 Å². The van der Waals surface area contributed by atoms with E-state index in [1.165, 1.54) is 119 Å². The molecular formula is C47H40N4O. The van der Waals surface area contributed by atoms with Gasteiger partial charge in [0.25, 0.3) is 5.56 Å². The molecule has 8 bridgehead atoms. The van der Waals surface area contributed by atoms with Crippen LogP contribution in [0.3, 0.4) is 0 Å². The van der Waals surface area contributed by atoms with Crippen LogP contribution in [0.2, 0.25) is 0 Å². The van der Waals surface area contributed by atoms with Gasteiger partial charge in [-0.1, -0.05) is 36.4 Å². The molecule has 8 aliphatic rings. The minimum atomic E-state index is 0.0827. The van der Waals surface area contributed by atoms with Gasteiger partial charge in [0.2, 0.25) is 0 Å². The topological polar surface area (TPSA) is 52.2 Å². The molecule has 4 atom stereocenters. The summed E-state index contributed by atoms with van der Waals surface area (Å²) in [7, 11) is 0. The van der Waals surface area contributed by atoms with Crippen LogP contribution in [0.4, 0.5) is 0 Å². The summed E-state index contributed by atoms with van der Waals surface area (Å²) >= 11 is 0. The lowest BCUT2D eigenvalue weighted by molar-refractivity contribution is 0.165. The molecule has 16 rings (SSSR count). The molecule has 8 aromatic rings. The zero-order valence-electron chi connectivity index (χ0n) is 29.3. The van der Waals surface area contributed by atoms with E-state index in [0.717, 1.165) is 51.0 Å². The van der Waals surface area contributed by atoms with Crippen LogP contribution in [0.15, 0.2) is 77.9 Å². The first-order valence-electron chi connectivity index (χ1n) is 20.2. The minimum absolute atomic E-state index is 0.0827. The number of pyridine rings is 3. The van der Waals surface area contributed by atoms with Gasteiger partial charge in [-0.05, 0) is 140 Å². The van der Waals surface area contributed by atoms with Gasteiger partial charge >= 0.3 is 0 Å². The van der Waals surface area contributed by atoms with Crippen molar-refractivity contribution in [2.24, 2.45) is 23.7 Å². The summed E-state index contributed by atoms with van der Waals surface area (Å²) in [5, 5.41) is 8.34. The molecule has 5 heteroatoms. The van der Waals surface area contributed by atoms with Crippen molar-refractivity contribution in [2.75, 3.05) is 0 Å². The van der Waals surface area contributed by atoms with Crippen LogP contribution in [-0.2, 0) is 0 Å². The average molecular weight is 677 g/mol. The molecule has 0 amide bonds. The van der Waals surface area contributed by atoms with Crippen molar-refractivity contribution >= 4 is 59.8 Å². The highest BCUT2D eigenvalue weighted by molar-refractivity contribution is 6.34. The smallest absolute Gasteiger partial charge is 0.264 e. The highest BCUT2D eigenvalue weighted by Crippen LogP contribution is 2.60. The third kappa shape index (κ3) is 3.28. The largest absolute Gasteiger partial charge is 0.305 e. The van der Waals surface area contributed by atoms with Gasteiger partial charge in [-0.3, -0.25) is 19.3 Å². The van der Waals surface area contributed by atoms with Crippen LogP contribution in [0.25, 0.3) is 65.5 Å². The molecule has 0 radical (unpaired) electrons. The Labute approximate surface area is 301 Å². The van der Waals surface area contributed by atoms with Gasteiger partial charge in [-0.2, -0.15) is 0 Å². The molecule has 5 aromatic heterocycles. The predicted octanol–water partition coefficient (Wildman–Crippen LogP) is 10.9. The maximum atomic E-state index is 15.5. The Morgan fingerprint density at radius 2 is 1.06 bits per heavy atom. The highest BCUT2D eigenvalue weighted by atomic mass is 16.1. The van der Waals surface area contributed by atoms with Crippen LogP contribution in [0.1, 0.15) is 110 Å². The van der Waals surface area contributed by atoms with Crippen molar-refractivity contribution in [1.29, 1.82) is 0 Å². The summed E-state index contributed by atoms with van der Waals surface area (Å²) in [5.41, 5.74) is 11.4. The summed E-state index contributed by atoms with van der Waals surface area (Å²) in [6, 6.07) is 21.4. The molecule has 0 aliphatic heterocycles. The number of aromatic nitrogens is 4. The van der Waals surface area contributed by atoms with E-state index >= 15 is 4.79 Å². The standard InChI is InChI=1S/C47H40N4O/c52-47-41-33(32-8-4-5-9-35(32)50(47)31-6-2-1-3-7-31)20-34-40-36(21-48-44-29-16-23-10-24(17-29)13-27(12-23)38(40)44)51-37-22-49-45-30-18-25-11-26(19-30)15-28(14-25)39(45)42(37)43(41)46(34)51/h1-9,20-30H,10-19H2. The van der Waals surface area contributed by atoms with Crippen LogP contribution in [0.5, 0.6) is 0 Å². The van der Waals surface area contributed by atoms with Crippen molar-refractivity contribution in [3.63, 3.8) is 0 Å². The third-order valence-electron chi connectivity index (χ3n) is 15.5. The SMILES string of the molecule is O=c1c2c(cc3c4c5c(ncc4n4c6cnc7c(c6c2c34)C2CC3CC(CC7C3)C2)C2CC3CC(C2)CC5C3)c2ccccc2n1-c1ccccc1. The maximum Gasteiger partial charge on any atom is 0.264 e. The predicted molar refractivity (Wildman–Crippen MR) is 208 cm³/mol. The van der Waals surface area contributed by atoms with E-state index in [1.807, 2.05) is 22.8 Å². The van der Waals surface area contributed by atoms with Crippen molar-refractivity contribution in [3.05, 3.63) is 106 Å². The molecule has 52 heavy (non-hydrogen) atoms. The summed E-state index contributed by atoms with van der Waals surface area (Å²) in [4.78, 5) is 26.5. The van der Waals surface area contributed by atoms with Gasteiger partial charge < -0.3 is 4.40 Å². The van der Waals surface area contributed by atoms with E-state index < -0.39 is 0 Å². The third-order valence-corrected chi connectivity index (χ3v) is 15.5. The number of benzene rings is 3. The van der Waals surface area contributed by atoms with Crippen LogP contribution in [0, 0.1) is 23.7 Å². The second-order valence-corrected chi connectivity index (χ2v) is 18.1. The second-order valence-electron chi connectivity index (χ2n) is 18.1. The fourth-order valence-electron chi connectivity index (χ4n) is 14.1. The van der Waals surface area contributed by atoms with Crippen LogP contribution in [-0.4, -0.2) is 18.9 Å². The molecule has 4 saturated carbocycles. The zero-order chi connectivity index (χ0) is 33.6. The quantitative estimate of drug-likeness (QED) is 0.163. The molecule has 0 N–H and O–H groups in total. The number of hydrogen-bond acceptors (Lipinski definition) is 3. The fourth-order valence-corrected chi connectivity index (χ4v) is 14.1. The van der Waals surface area contributed by atoms with Gasteiger partial charge in [0.05, 0.1) is 39.8 Å². The zero-order valence-corrected chi connectivity index (χ0v) is 29.3. The Balaban J connectivity index is 1.24. The van der Waals surface area contributed by atoms with E-state index in [-0.39, 0.29) is 5.56 Å². The van der Waals surface area contributed by atoms with Crippen molar-refractivity contribution < 1.29 is 0 Å². The van der Waals surface area contributed by atoms with E-state index in [0.29, 0.717) is 23.7 Å². The van der Waals surface area contributed by atoms with E-state index in [2.05, 4.69) is 59.3 Å². The average Bonchev–Trinajstić information content (AvgIpc) is 3.54. The highest BCUT2D eigenvalue weighted by Gasteiger charge is 2.46. The molecule has 0 spiro atoms. The summed E-state index contributed by atoms with van der Waals surface area (Å²) in [6.45, 7) is 0. The Morgan fingerprint density at radius 1 is 0.500 bits per heavy atom. The molecule has 5 heterocycles. The van der Waals surface area contributed by atoms with E-state index in [1.54, 1.807) is 5.56 Å². The number of hydrogen-bond donors (Lipinski definition) is 0. The minimum Gasteiger partial charge on any atom is -0.305 e. The summed E-state index contributed by atoms with van der Waals surface area (Å²) < 4.78 is 4.52. The van der Waals surface area contributed by atoms with Gasteiger partial charge in [-0.15, -0.1) is 0 Å². The normalized spacial score (nSPS) is 30.0. The van der Waals surface area contributed by atoms with E-state index in [9.17, 15) is 0 Å². The lowest BCUT2D eigenvalue weighted by atomic mass is 9.67. The molecule has 5 nitrogen and oxygen atoms in total. The molecule has 254 valence electrons. The summed E-state index contributed by atoms with van der Waals surface area (Å²) in [5.74, 6) is 5.43. The van der Waals surface area contributed by atoms with Crippen molar-refractivity contribution in [2.45, 2.75) is 87.9 Å². The first-order valence-corrected chi connectivity index (χ1v) is 20.2. The van der Waals surface area contributed by atoms with Gasteiger partial charge in [0, 0.05) is 55.8 Å². The lowest BCUT2D eigenvalue weighted by Crippen LogP contribution is -2.25. The number of nitrogens with zero attached hydrogens (tertiary/aromatic N) is 4. The molecule has 8 aliphatic carbocycles. The van der Waals surface area contributed by atoms with Crippen LogP contribution < -0.4 is 5.56 Å². The first-order chi connectivity index (χ1) is 25.7. The Bertz CT molecular complexity index is 2930. The van der Waals surface area contributed by atoms with Crippen molar-refractivity contribution in [1.82, 2.24) is 18.9 Å². The van der Waals surface area contributed by atoms with Gasteiger partial charge in [0.1, 0.15) is 0 Å². The molecular weight excluding hydrogens is 637 g/mol. The molecule has 4 unspecified atom stereocenters. The monoisotopic (exact) mass is 676 g/mol. The number of para-hydroxylation sites is 2. The fraction of sp³-hybridized carbons (Fsp3) is 0.383. The lowest BCUT2D eigenvalue weighted by Gasteiger charge is -2.38.